The van der Waals surface area contributed by atoms with E-state index in [1.165, 1.54) is 19.2 Å². The molecule has 0 saturated carbocycles. The molecule has 0 aliphatic carbocycles. The summed E-state index contributed by atoms with van der Waals surface area (Å²) in [6, 6.07) is 8.75. The molecule has 8 nitrogen and oxygen atoms in total. The molecule has 2 aromatic rings. The maximum atomic E-state index is 14.2. The van der Waals surface area contributed by atoms with Gasteiger partial charge in [-0.05, 0) is 49.7 Å². The lowest BCUT2D eigenvalue weighted by Gasteiger charge is -2.38. The first-order chi connectivity index (χ1) is 16.2. The molecule has 1 heterocycles. The lowest BCUT2D eigenvalue weighted by Crippen LogP contribution is -2.45. The highest BCUT2D eigenvalue weighted by Gasteiger charge is 2.26. The minimum atomic E-state index is -0.951. The number of morpholine rings is 1. The average Bonchev–Trinajstić information content (AvgIpc) is 2.74. The number of ether oxygens (including phenoxy) is 2. The van der Waals surface area contributed by atoms with Gasteiger partial charge >= 0.3 is 12.0 Å². The fraction of sp³-hybridized carbons (Fsp3) is 0.417. The second kappa shape index (κ2) is 11.5. The van der Waals surface area contributed by atoms with E-state index in [9.17, 15) is 19.1 Å². The van der Waals surface area contributed by atoms with Crippen LogP contribution >= 0.6 is 11.6 Å². The largest absolute Gasteiger partial charge is 0.481 e. The van der Waals surface area contributed by atoms with Crippen LogP contribution in [-0.4, -0.2) is 56.1 Å². The summed E-state index contributed by atoms with van der Waals surface area (Å²) >= 11 is 5.79. The summed E-state index contributed by atoms with van der Waals surface area (Å²) in [5.41, 5.74) is 1.91. The van der Waals surface area contributed by atoms with E-state index in [0.29, 0.717) is 24.3 Å². The number of carboxylic acids is 1. The van der Waals surface area contributed by atoms with Crippen LogP contribution in [-0.2, 0) is 14.3 Å². The molecule has 1 aliphatic heterocycles. The molecule has 3 atom stereocenters. The standard InChI is InChI=1S/C24H29ClFN3O5/c1-14-11-29(12-15(2)34-14)22-7-4-16(17(13-33-3)9-23(30)31)8-21(22)28-24(32)27-20-6-5-18(25)10-19(20)26/h4-8,10,14-15,17H,9,11-13H2,1-3H3,(H,30,31)(H2,27,28,32)/t14-,15+,17?. The maximum Gasteiger partial charge on any atom is 0.323 e. The Hall–Kier alpha value is -2.88. The van der Waals surface area contributed by atoms with Crippen LogP contribution in [0.4, 0.5) is 26.2 Å². The number of halogens is 2. The van der Waals surface area contributed by atoms with Gasteiger partial charge in [-0.15, -0.1) is 0 Å². The van der Waals surface area contributed by atoms with Gasteiger partial charge in [0, 0.05) is 31.1 Å². The number of amides is 2. The van der Waals surface area contributed by atoms with Gasteiger partial charge in [-0.2, -0.15) is 0 Å². The Morgan fingerprint density at radius 3 is 2.47 bits per heavy atom. The van der Waals surface area contributed by atoms with Gasteiger partial charge in [-0.1, -0.05) is 17.7 Å². The Kier molecular flexibility index (Phi) is 8.71. The Morgan fingerprint density at radius 1 is 1.18 bits per heavy atom. The molecule has 1 fully saturated rings. The van der Waals surface area contributed by atoms with Crippen molar-refractivity contribution in [1.29, 1.82) is 0 Å². The van der Waals surface area contributed by atoms with Gasteiger partial charge in [0.15, 0.2) is 0 Å². The zero-order valence-corrected chi connectivity index (χ0v) is 20.1. The molecule has 1 saturated heterocycles. The van der Waals surface area contributed by atoms with Crippen molar-refractivity contribution in [2.45, 2.75) is 38.4 Å². The number of nitrogens with zero attached hydrogens (tertiary/aromatic N) is 1. The van der Waals surface area contributed by atoms with E-state index < -0.39 is 23.7 Å². The van der Waals surface area contributed by atoms with Crippen molar-refractivity contribution in [1.82, 2.24) is 0 Å². The van der Waals surface area contributed by atoms with Crippen LogP contribution in [0.25, 0.3) is 0 Å². The molecular formula is C24H29ClFN3O5. The molecular weight excluding hydrogens is 465 g/mol. The van der Waals surface area contributed by atoms with Crippen molar-refractivity contribution >= 4 is 40.7 Å². The molecule has 1 unspecified atom stereocenters. The number of carbonyl (C=O) groups is 2. The molecule has 3 N–H and O–H groups in total. The van der Waals surface area contributed by atoms with E-state index in [0.717, 1.165) is 11.8 Å². The van der Waals surface area contributed by atoms with Gasteiger partial charge in [0.05, 0.1) is 42.3 Å². The van der Waals surface area contributed by atoms with Crippen molar-refractivity contribution in [3.63, 3.8) is 0 Å². The third-order valence-electron chi connectivity index (χ3n) is 5.47. The van der Waals surface area contributed by atoms with Crippen molar-refractivity contribution in [2.24, 2.45) is 0 Å². The van der Waals surface area contributed by atoms with Crippen molar-refractivity contribution < 1.29 is 28.6 Å². The van der Waals surface area contributed by atoms with Crippen LogP contribution in [0.3, 0.4) is 0 Å². The van der Waals surface area contributed by atoms with Gasteiger partial charge in [0.2, 0.25) is 0 Å². The number of carbonyl (C=O) groups excluding carboxylic acids is 1. The number of hydrogen-bond acceptors (Lipinski definition) is 5. The van der Waals surface area contributed by atoms with Gasteiger partial charge in [0.25, 0.3) is 0 Å². The molecule has 3 rings (SSSR count). The molecule has 2 amide bonds. The zero-order chi connectivity index (χ0) is 24.8. The number of rotatable bonds is 8. The van der Waals surface area contributed by atoms with Crippen LogP contribution in [0.15, 0.2) is 36.4 Å². The van der Waals surface area contributed by atoms with Crippen molar-refractivity contribution in [2.75, 3.05) is 42.3 Å². The predicted octanol–water partition coefficient (Wildman–Crippen LogP) is 4.94. The van der Waals surface area contributed by atoms with E-state index in [4.69, 9.17) is 21.1 Å². The van der Waals surface area contributed by atoms with Gasteiger partial charge in [0.1, 0.15) is 5.82 Å². The number of carboxylic acid groups (broad SMARTS) is 1. The van der Waals surface area contributed by atoms with E-state index in [2.05, 4.69) is 15.5 Å². The number of nitrogens with one attached hydrogen (secondary N) is 2. The number of methoxy groups -OCH3 is 1. The highest BCUT2D eigenvalue weighted by molar-refractivity contribution is 6.30. The quantitative estimate of drug-likeness (QED) is 0.481. The molecule has 0 spiro atoms. The van der Waals surface area contributed by atoms with Crippen LogP contribution in [0.5, 0.6) is 0 Å². The number of urea groups is 1. The van der Waals surface area contributed by atoms with Gasteiger partial charge < -0.3 is 30.1 Å². The summed E-state index contributed by atoms with van der Waals surface area (Å²) < 4.78 is 25.2. The summed E-state index contributed by atoms with van der Waals surface area (Å²) in [5.74, 6) is -2.02. The number of aliphatic carboxylic acids is 1. The third kappa shape index (κ3) is 6.82. The summed E-state index contributed by atoms with van der Waals surface area (Å²) in [7, 11) is 1.51. The molecule has 184 valence electrons. The molecule has 2 aromatic carbocycles. The maximum absolute atomic E-state index is 14.2. The number of anilines is 3. The SMILES string of the molecule is COCC(CC(=O)O)c1ccc(N2C[C@@H](C)O[C@@H](C)C2)c(NC(=O)Nc2ccc(Cl)cc2F)c1. The van der Waals surface area contributed by atoms with Crippen LogP contribution < -0.4 is 15.5 Å². The van der Waals surface area contributed by atoms with Crippen molar-refractivity contribution in [3.8, 4) is 0 Å². The summed E-state index contributed by atoms with van der Waals surface area (Å²) in [6.07, 6.45) is -0.150. The van der Waals surface area contributed by atoms with Crippen molar-refractivity contribution in [3.05, 3.63) is 52.8 Å². The highest BCUT2D eigenvalue weighted by Crippen LogP contribution is 2.33. The molecule has 0 aromatic heterocycles. The summed E-state index contributed by atoms with van der Waals surface area (Å²) in [6.45, 7) is 5.38. The summed E-state index contributed by atoms with van der Waals surface area (Å²) in [5, 5.41) is 14.8. The lowest BCUT2D eigenvalue weighted by molar-refractivity contribution is -0.137. The Labute approximate surface area is 203 Å². The first kappa shape index (κ1) is 25.7. The normalized spacial score (nSPS) is 18.9. The Balaban J connectivity index is 1.92. The summed E-state index contributed by atoms with van der Waals surface area (Å²) in [4.78, 5) is 26.2. The van der Waals surface area contributed by atoms with Crippen LogP contribution in [0, 0.1) is 5.82 Å². The topological polar surface area (TPSA) is 100 Å². The molecule has 34 heavy (non-hydrogen) atoms. The predicted molar refractivity (Wildman–Crippen MR) is 130 cm³/mol. The fourth-order valence-electron chi connectivity index (χ4n) is 4.11. The monoisotopic (exact) mass is 493 g/mol. The zero-order valence-electron chi connectivity index (χ0n) is 19.3. The molecule has 0 radical (unpaired) electrons. The van der Waals surface area contributed by atoms with Gasteiger partial charge in [-0.3, -0.25) is 4.79 Å². The Bertz CT molecular complexity index is 1030. The van der Waals surface area contributed by atoms with E-state index in [1.54, 1.807) is 6.07 Å². The fourth-order valence-corrected chi connectivity index (χ4v) is 4.27. The first-order valence-corrected chi connectivity index (χ1v) is 11.3. The van der Waals surface area contributed by atoms with Gasteiger partial charge in [-0.25, -0.2) is 9.18 Å². The van der Waals surface area contributed by atoms with E-state index in [-0.39, 0.29) is 35.9 Å². The minimum Gasteiger partial charge on any atom is -0.481 e. The Morgan fingerprint density at radius 2 is 1.85 bits per heavy atom. The second-order valence-corrected chi connectivity index (χ2v) is 8.83. The lowest BCUT2D eigenvalue weighted by atomic mass is 9.95. The molecule has 0 bridgehead atoms. The average molecular weight is 494 g/mol. The van der Waals surface area contributed by atoms with Crippen LogP contribution in [0.2, 0.25) is 5.02 Å². The van der Waals surface area contributed by atoms with Crippen LogP contribution in [0.1, 0.15) is 31.7 Å². The molecule has 10 heteroatoms. The highest BCUT2D eigenvalue weighted by atomic mass is 35.5. The number of benzene rings is 2. The third-order valence-corrected chi connectivity index (χ3v) is 5.70. The smallest absolute Gasteiger partial charge is 0.323 e. The molecule has 1 aliphatic rings. The van der Waals surface area contributed by atoms with E-state index in [1.807, 2.05) is 26.0 Å². The van der Waals surface area contributed by atoms with E-state index >= 15 is 0 Å². The first-order valence-electron chi connectivity index (χ1n) is 10.9. The minimum absolute atomic E-state index is 0.0125. The number of hydrogen-bond donors (Lipinski definition) is 3. The second-order valence-electron chi connectivity index (χ2n) is 8.39.